The van der Waals surface area contributed by atoms with Gasteiger partial charge in [-0.15, -0.1) is 0 Å². The van der Waals surface area contributed by atoms with Crippen molar-refractivity contribution in [1.82, 2.24) is 0 Å². The van der Waals surface area contributed by atoms with Gasteiger partial charge in [-0.05, 0) is 31.6 Å². The maximum absolute atomic E-state index is 11.1. The van der Waals surface area contributed by atoms with E-state index in [2.05, 4.69) is 18.7 Å². The van der Waals surface area contributed by atoms with Gasteiger partial charge >= 0.3 is 6.16 Å². The first-order chi connectivity index (χ1) is 7.09. The summed E-state index contributed by atoms with van der Waals surface area (Å²) in [6.07, 6.45) is 6.17. The molecule has 0 aromatic rings. The van der Waals surface area contributed by atoms with E-state index in [-0.39, 0.29) is 0 Å². The fourth-order valence-electron chi connectivity index (χ4n) is 3.15. The minimum atomic E-state index is -0.610. The van der Waals surface area contributed by atoms with E-state index in [9.17, 15) is 4.79 Å². The number of ether oxygens (including phenoxy) is 2. The third-order valence-corrected chi connectivity index (χ3v) is 4.04. The van der Waals surface area contributed by atoms with Crippen LogP contribution in [-0.4, -0.2) is 11.8 Å². The smallest absolute Gasteiger partial charge is 0.419 e. The fourth-order valence-corrected chi connectivity index (χ4v) is 3.15. The van der Waals surface area contributed by atoms with E-state index >= 15 is 0 Å². The van der Waals surface area contributed by atoms with Crippen LogP contribution in [0.1, 0.15) is 19.8 Å². The number of rotatable bonds is 1. The number of hydrogen-bond donors (Lipinski definition) is 0. The second kappa shape index (κ2) is 2.65. The summed E-state index contributed by atoms with van der Waals surface area (Å²) in [5.74, 6) is 1.99. The van der Waals surface area contributed by atoms with E-state index in [4.69, 9.17) is 9.47 Å². The Kier molecular flexibility index (Phi) is 1.59. The topological polar surface area (TPSA) is 35.5 Å². The lowest BCUT2D eigenvalue weighted by atomic mass is 9.78. The molecular weight excluding hydrogens is 192 g/mol. The molecule has 2 bridgehead atoms. The second-order valence-electron chi connectivity index (χ2n) is 4.87. The number of cyclic esters (lactones) is 2. The Morgan fingerprint density at radius 2 is 2.27 bits per heavy atom. The van der Waals surface area contributed by atoms with Gasteiger partial charge in [-0.25, -0.2) is 4.79 Å². The molecule has 0 aromatic heterocycles. The van der Waals surface area contributed by atoms with Crippen molar-refractivity contribution in [3.05, 3.63) is 24.5 Å². The molecule has 1 heterocycles. The molecule has 2 aliphatic carbocycles. The van der Waals surface area contributed by atoms with E-state index in [1.807, 2.05) is 6.92 Å². The van der Waals surface area contributed by atoms with Gasteiger partial charge in [0.25, 0.3) is 0 Å². The van der Waals surface area contributed by atoms with Gasteiger partial charge in [0, 0.05) is 5.92 Å². The largest absolute Gasteiger partial charge is 0.514 e. The monoisotopic (exact) mass is 206 g/mol. The molecule has 1 saturated carbocycles. The van der Waals surface area contributed by atoms with Gasteiger partial charge in [0.1, 0.15) is 5.76 Å². The molecule has 0 spiro atoms. The van der Waals surface area contributed by atoms with E-state index in [0.29, 0.717) is 23.5 Å². The summed E-state index contributed by atoms with van der Waals surface area (Å²) in [4.78, 5) is 11.1. The van der Waals surface area contributed by atoms with Crippen LogP contribution in [0.25, 0.3) is 0 Å². The lowest BCUT2D eigenvalue weighted by Crippen LogP contribution is -2.38. The molecule has 0 unspecified atom stereocenters. The Morgan fingerprint density at radius 1 is 1.47 bits per heavy atom. The van der Waals surface area contributed by atoms with Crippen LogP contribution in [0.5, 0.6) is 0 Å². The Bertz CT molecular complexity index is 371. The highest BCUT2D eigenvalue weighted by Crippen LogP contribution is 2.52. The third-order valence-electron chi connectivity index (χ3n) is 4.04. The van der Waals surface area contributed by atoms with Crippen LogP contribution in [0.3, 0.4) is 0 Å². The summed E-state index contributed by atoms with van der Waals surface area (Å²) in [6.45, 7) is 5.71. The molecule has 2 fully saturated rings. The number of fused-ring (bicyclic) bond motifs is 2. The standard InChI is InChI=1S/C12H14O3/c1-7-12(2,15-11(13)14-7)10-6-8-3-4-9(10)5-8/h3-4,8-10H,1,5-6H2,2H3/t8-,9-,10-,12-/m0/s1. The van der Waals surface area contributed by atoms with Crippen molar-refractivity contribution >= 4 is 6.16 Å². The van der Waals surface area contributed by atoms with Crippen LogP contribution < -0.4 is 0 Å². The minimum absolute atomic E-state index is 0.339. The van der Waals surface area contributed by atoms with Crippen LogP contribution in [0.2, 0.25) is 0 Å². The first-order valence-electron chi connectivity index (χ1n) is 5.38. The number of carbonyl (C=O) groups excluding carboxylic acids is 1. The first kappa shape index (κ1) is 9.01. The van der Waals surface area contributed by atoms with Gasteiger partial charge < -0.3 is 9.47 Å². The molecule has 0 N–H and O–H groups in total. The van der Waals surface area contributed by atoms with Gasteiger partial charge in [-0.3, -0.25) is 0 Å². The maximum atomic E-state index is 11.1. The normalized spacial score (nSPS) is 47.1. The van der Waals surface area contributed by atoms with Crippen LogP contribution in [-0.2, 0) is 9.47 Å². The van der Waals surface area contributed by atoms with Gasteiger partial charge in [0.2, 0.25) is 0 Å². The highest BCUT2D eigenvalue weighted by atomic mass is 16.8. The van der Waals surface area contributed by atoms with Gasteiger partial charge in [0.05, 0.1) is 0 Å². The summed E-state index contributed by atoms with van der Waals surface area (Å²) in [5, 5.41) is 0. The van der Waals surface area contributed by atoms with E-state index in [1.165, 1.54) is 6.42 Å². The molecule has 15 heavy (non-hydrogen) atoms. The molecule has 3 rings (SSSR count). The molecule has 4 atom stereocenters. The van der Waals surface area contributed by atoms with E-state index < -0.39 is 11.8 Å². The highest BCUT2D eigenvalue weighted by molar-refractivity contribution is 5.66. The summed E-state index contributed by atoms with van der Waals surface area (Å²) < 4.78 is 10.2. The van der Waals surface area contributed by atoms with Crippen molar-refractivity contribution in [3.8, 4) is 0 Å². The molecule has 1 aliphatic heterocycles. The lowest BCUT2D eigenvalue weighted by molar-refractivity contribution is 0.0257. The number of allylic oxidation sites excluding steroid dienone is 2. The molecule has 3 heteroatoms. The van der Waals surface area contributed by atoms with Crippen molar-refractivity contribution in [2.45, 2.75) is 25.4 Å². The molecular formula is C12H14O3. The second-order valence-corrected chi connectivity index (χ2v) is 4.87. The molecule has 80 valence electrons. The van der Waals surface area contributed by atoms with Crippen molar-refractivity contribution < 1.29 is 14.3 Å². The average molecular weight is 206 g/mol. The average Bonchev–Trinajstić information content (AvgIpc) is 2.82. The highest BCUT2D eigenvalue weighted by Gasteiger charge is 2.54. The van der Waals surface area contributed by atoms with Crippen LogP contribution in [0.4, 0.5) is 4.79 Å². The van der Waals surface area contributed by atoms with Crippen LogP contribution in [0.15, 0.2) is 24.5 Å². The third kappa shape index (κ3) is 1.09. The van der Waals surface area contributed by atoms with Crippen molar-refractivity contribution in [2.75, 3.05) is 0 Å². The Hall–Kier alpha value is -1.25. The molecule has 0 amide bonds. The maximum Gasteiger partial charge on any atom is 0.514 e. The summed E-state index contributed by atoms with van der Waals surface area (Å²) in [5.41, 5.74) is -0.610. The quantitative estimate of drug-likeness (QED) is 0.488. The van der Waals surface area contributed by atoms with Crippen LogP contribution in [0, 0.1) is 17.8 Å². The molecule has 0 radical (unpaired) electrons. The predicted molar refractivity (Wildman–Crippen MR) is 54.0 cm³/mol. The Morgan fingerprint density at radius 3 is 2.73 bits per heavy atom. The first-order valence-corrected chi connectivity index (χ1v) is 5.38. The molecule has 3 aliphatic rings. The fraction of sp³-hybridized carbons (Fsp3) is 0.583. The lowest BCUT2D eigenvalue weighted by Gasteiger charge is -2.32. The zero-order chi connectivity index (χ0) is 10.6. The number of carbonyl (C=O) groups is 1. The van der Waals surface area contributed by atoms with Gasteiger partial charge in [0.15, 0.2) is 5.60 Å². The van der Waals surface area contributed by atoms with Crippen molar-refractivity contribution in [1.29, 1.82) is 0 Å². The van der Waals surface area contributed by atoms with Crippen molar-refractivity contribution in [2.24, 2.45) is 17.8 Å². The molecule has 0 aromatic carbocycles. The Balaban J connectivity index is 1.91. The predicted octanol–water partition coefficient (Wildman–Crippen LogP) is 2.64. The summed E-state index contributed by atoms with van der Waals surface area (Å²) in [6, 6.07) is 0. The summed E-state index contributed by atoms with van der Waals surface area (Å²) >= 11 is 0. The van der Waals surface area contributed by atoms with Gasteiger partial charge in [-0.2, -0.15) is 0 Å². The number of hydrogen-bond acceptors (Lipinski definition) is 3. The Labute approximate surface area is 88.7 Å². The minimum Gasteiger partial charge on any atom is -0.419 e. The van der Waals surface area contributed by atoms with Crippen molar-refractivity contribution in [3.63, 3.8) is 0 Å². The summed E-state index contributed by atoms with van der Waals surface area (Å²) in [7, 11) is 0. The zero-order valence-corrected chi connectivity index (χ0v) is 8.73. The van der Waals surface area contributed by atoms with E-state index in [0.717, 1.165) is 6.42 Å². The van der Waals surface area contributed by atoms with Crippen LogP contribution >= 0.6 is 0 Å². The molecule has 1 saturated heterocycles. The molecule has 3 nitrogen and oxygen atoms in total. The van der Waals surface area contributed by atoms with E-state index in [1.54, 1.807) is 0 Å². The SMILES string of the molecule is C=C1OC(=O)O[C@]1(C)[C@H]1C[C@H]2C=C[C@H]1C2. The van der Waals surface area contributed by atoms with Gasteiger partial charge in [-0.1, -0.05) is 18.7 Å². The zero-order valence-electron chi connectivity index (χ0n) is 8.73.